The zero-order chi connectivity index (χ0) is 11.0. The van der Waals surface area contributed by atoms with Crippen molar-refractivity contribution in [3.05, 3.63) is 0 Å². The number of hydrogen-bond donors (Lipinski definition) is 0. The van der Waals surface area contributed by atoms with Crippen LogP contribution in [0.25, 0.3) is 0 Å². The zero-order valence-corrected chi connectivity index (χ0v) is 9.96. The summed E-state index contributed by atoms with van der Waals surface area (Å²) >= 11 is 0. The van der Waals surface area contributed by atoms with E-state index in [0.717, 1.165) is 6.29 Å². The van der Waals surface area contributed by atoms with Crippen molar-refractivity contribution in [1.29, 1.82) is 0 Å². The number of carbonyl (C=O) groups is 1. The maximum absolute atomic E-state index is 11.9. The van der Waals surface area contributed by atoms with Crippen molar-refractivity contribution in [2.24, 2.45) is 5.92 Å². The van der Waals surface area contributed by atoms with E-state index in [1.807, 2.05) is 0 Å². The lowest BCUT2D eigenvalue weighted by atomic mass is 10.1. The molecule has 0 radical (unpaired) electrons. The number of hydrogen-bond acceptors (Lipinski definition) is 4. The fourth-order valence-corrected chi connectivity index (χ4v) is 2.83. The molecule has 84 valence electrons. The Hall–Kier alpha value is -0.180. The first kappa shape index (κ1) is 13.8. The maximum Gasteiger partial charge on any atom is 0.330 e. The van der Waals surface area contributed by atoms with Gasteiger partial charge in [0.2, 0.25) is 0 Å². The number of carbonyl (C=O) groups excluding carboxylic acids is 1. The van der Waals surface area contributed by atoms with Gasteiger partial charge in [0.15, 0.2) is 0 Å². The molecule has 0 fully saturated rings. The molecule has 0 heterocycles. The van der Waals surface area contributed by atoms with Crippen LogP contribution in [0.5, 0.6) is 0 Å². The van der Waals surface area contributed by atoms with Crippen LogP contribution in [-0.2, 0) is 18.4 Å². The standard InChI is InChI=1S/C9H19O4P/c1-4-12-14(11,13-5-2)7-6-9(3)8-10/h8-9H,4-7H2,1-3H3. The summed E-state index contributed by atoms with van der Waals surface area (Å²) < 4.78 is 22.0. The molecule has 0 spiro atoms. The molecule has 0 rings (SSSR count). The smallest absolute Gasteiger partial charge is 0.309 e. The van der Waals surface area contributed by atoms with Crippen LogP contribution >= 0.6 is 7.60 Å². The van der Waals surface area contributed by atoms with Crippen molar-refractivity contribution in [3.8, 4) is 0 Å². The van der Waals surface area contributed by atoms with Crippen LogP contribution in [0, 0.1) is 5.92 Å². The van der Waals surface area contributed by atoms with Crippen LogP contribution in [0.1, 0.15) is 27.2 Å². The van der Waals surface area contributed by atoms with E-state index < -0.39 is 7.60 Å². The van der Waals surface area contributed by atoms with E-state index in [2.05, 4.69) is 0 Å². The Morgan fingerprint density at radius 2 is 1.79 bits per heavy atom. The first-order valence-electron chi connectivity index (χ1n) is 4.91. The highest BCUT2D eigenvalue weighted by Gasteiger charge is 2.23. The van der Waals surface area contributed by atoms with Crippen molar-refractivity contribution in [2.75, 3.05) is 19.4 Å². The van der Waals surface area contributed by atoms with Gasteiger partial charge in [-0.1, -0.05) is 6.92 Å². The van der Waals surface area contributed by atoms with Gasteiger partial charge in [0, 0.05) is 5.92 Å². The van der Waals surface area contributed by atoms with E-state index in [0.29, 0.717) is 25.8 Å². The molecule has 0 aromatic heterocycles. The Bertz CT molecular complexity index is 195. The quantitative estimate of drug-likeness (QED) is 0.467. The highest BCUT2D eigenvalue weighted by molar-refractivity contribution is 7.53. The third-order valence-electron chi connectivity index (χ3n) is 1.74. The van der Waals surface area contributed by atoms with Gasteiger partial charge in [0.05, 0.1) is 19.4 Å². The molecule has 0 aliphatic carbocycles. The Kier molecular flexibility index (Phi) is 7.06. The minimum atomic E-state index is -2.95. The summed E-state index contributed by atoms with van der Waals surface area (Å²) in [7, 11) is -2.95. The maximum atomic E-state index is 11.9. The molecular weight excluding hydrogens is 203 g/mol. The minimum absolute atomic E-state index is 0.0933. The summed E-state index contributed by atoms with van der Waals surface area (Å²) in [5.41, 5.74) is 0. The van der Waals surface area contributed by atoms with Gasteiger partial charge in [-0.05, 0) is 20.3 Å². The molecule has 0 bridgehead atoms. The summed E-state index contributed by atoms with van der Waals surface area (Å²) in [5.74, 6) is -0.0933. The fourth-order valence-electron chi connectivity index (χ4n) is 0.990. The Balaban J connectivity index is 4.08. The largest absolute Gasteiger partial charge is 0.330 e. The molecule has 0 aliphatic heterocycles. The molecule has 5 heteroatoms. The average molecular weight is 222 g/mol. The second-order valence-corrected chi connectivity index (χ2v) is 5.26. The van der Waals surface area contributed by atoms with Crippen LogP contribution in [0.15, 0.2) is 0 Å². The van der Waals surface area contributed by atoms with E-state index in [4.69, 9.17) is 9.05 Å². The third-order valence-corrected chi connectivity index (χ3v) is 3.85. The van der Waals surface area contributed by atoms with Crippen LogP contribution in [0.3, 0.4) is 0 Å². The van der Waals surface area contributed by atoms with E-state index in [-0.39, 0.29) is 5.92 Å². The summed E-state index contributed by atoms with van der Waals surface area (Å²) in [6, 6.07) is 0. The molecule has 0 aromatic carbocycles. The van der Waals surface area contributed by atoms with Crippen molar-refractivity contribution >= 4 is 13.9 Å². The highest BCUT2D eigenvalue weighted by Crippen LogP contribution is 2.48. The van der Waals surface area contributed by atoms with Crippen molar-refractivity contribution < 1.29 is 18.4 Å². The fraction of sp³-hybridized carbons (Fsp3) is 0.889. The van der Waals surface area contributed by atoms with Gasteiger partial charge in [-0.2, -0.15) is 0 Å². The third kappa shape index (κ3) is 5.53. The van der Waals surface area contributed by atoms with Gasteiger partial charge in [-0.25, -0.2) is 0 Å². The van der Waals surface area contributed by atoms with Crippen molar-refractivity contribution in [1.82, 2.24) is 0 Å². The molecule has 0 saturated carbocycles. The zero-order valence-electron chi connectivity index (χ0n) is 9.06. The predicted molar refractivity (Wildman–Crippen MR) is 55.6 cm³/mol. The SMILES string of the molecule is CCOP(=O)(CCC(C)C=O)OCC. The van der Waals surface area contributed by atoms with E-state index in [1.54, 1.807) is 20.8 Å². The Morgan fingerprint density at radius 3 is 2.14 bits per heavy atom. The lowest BCUT2D eigenvalue weighted by Gasteiger charge is -2.17. The number of rotatable bonds is 8. The van der Waals surface area contributed by atoms with Gasteiger partial charge >= 0.3 is 7.60 Å². The second kappa shape index (κ2) is 7.16. The van der Waals surface area contributed by atoms with Crippen LogP contribution in [0.4, 0.5) is 0 Å². The lowest BCUT2D eigenvalue weighted by molar-refractivity contribution is -0.110. The molecular formula is C9H19O4P. The molecule has 0 N–H and O–H groups in total. The van der Waals surface area contributed by atoms with Gasteiger partial charge in [0.25, 0.3) is 0 Å². The molecule has 0 aliphatic rings. The lowest BCUT2D eigenvalue weighted by Crippen LogP contribution is -2.05. The first-order chi connectivity index (χ1) is 6.58. The molecule has 0 aromatic rings. The summed E-state index contributed by atoms with van der Waals surface area (Å²) in [6.45, 7) is 6.07. The molecule has 14 heavy (non-hydrogen) atoms. The molecule has 4 nitrogen and oxygen atoms in total. The predicted octanol–water partition coefficient (Wildman–Crippen LogP) is 2.48. The summed E-state index contributed by atoms with van der Waals surface area (Å²) in [5, 5.41) is 0. The molecule has 0 saturated heterocycles. The number of aldehydes is 1. The van der Waals surface area contributed by atoms with Crippen LogP contribution in [0.2, 0.25) is 0 Å². The van der Waals surface area contributed by atoms with Gasteiger partial charge < -0.3 is 13.8 Å². The monoisotopic (exact) mass is 222 g/mol. The van der Waals surface area contributed by atoms with E-state index in [1.165, 1.54) is 0 Å². The van der Waals surface area contributed by atoms with Gasteiger partial charge in [0.1, 0.15) is 6.29 Å². The van der Waals surface area contributed by atoms with Gasteiger partial charge in [-0.15, -0.1) is 0 Å². The summed E-state index contributed by atoms with van der Waals surface area (Å²) in [4.78, 5) is 10.4. The Labute approximate surface area is 85.5 Å². The van der Waals surface area contributed by atoms with E-state index in [9.17, 15) is 9.36 Å². The average Bonchev–Trinajstić information content (AvgIpc) is 2.15. The first-order valence-corrected chi connectivity index (χ1v) is 6.64. The van der Waals surface area contributed by atoms with E-state index >= 15 is 0 Å². The van der Waals surface area contributed by atoms with Gasteiger partial charge in [-0.3, -0.25) is 4.57 Å². The van der Waals surface area contributed by atoms with Crippen molar-refractivity contribution in [2.45, 2.75) is 27.2 Å². The highest BCUT2D eigenvalue weighted by atomic mass is 31.2. The van der Waals surface area contributed by atoms with Crippen LogP contribution in [-0.4, -0.2) is 25.7 Å². The molecule has 1 atom stereocenters. The normalized spacial score (nSPS) is 13.9. The minimum Gasteiger partial charge on any atom is -0.309 e. The Morgan fingerprint density at radius 1 is 1.29 bits per heavy atom. The van der Waals surface area contributed by atoms with Crippen molar-refractivity contribution in [3.63, 3.8) is 0 Å². The second-order valence-electron chi connectivity index (χ2n) is 3.07. The topological polar surface area (TPSA) is 52.6 Å². The molecule has 0 amide bonds. The van der Waals surface area contributed by atoms with Crippen LogP contribution < -0.4 is 0 Å². The molecule has 1 unspecified atom stereocenters. The summed E-state index contributed by atoms with van der Waals surface area (Å²) in [6.07, 6.45) is 1.71.